The Kier molecular flexibility index (Phi) is 5.09. The van der Waals surface area contributed by atoms with Gasteiger partial charge >= 0.3 is 5.97 Å². The lowest BCUT2D eigenvalue weighted by Gasteiger charge is -2.10. The summed E-state index contributed by atoms with van der Waals surface area (Å²) in [5.41, 5.74) is 2.19. The van der Waals surface area contributed by atoms with E-state index in [0.717, 1.165) is 16.9 Å². The molecular weight excluding hydrogens is 348 g/mol. The zero-order valence-corrected chi connectivity index (χ0v) is 14.2. The van der Waals surface area contributed by atoms with E-state index in [4.69, 9.17) is 4.74 Å². The number of anilines is 1. The van der Waals surface area contributed by atoms with Gasteiger partial charge in [0, 0.05) is 6.20 Å². The number of hydrogen-bond donors (Lipinski definition) is 3. The molecule has 0 aliphatic rings. The van der Waals surface area contributed by atoms with E-state index in [2.05, 4.69) is 25.9 Å². The second-order valence-electron chi connectivity index (χ2n) is 5.34. The maximum atomic E-state index is 11.5. The van der Waals surface area contributed by atoms with E-state index in [9.17, 15) is 15.2 Å². The fourth-order valence-electron chi connectivity index (χ4n) is 2.39. The number of tetrazole rings is 1. The van der Waals surface area contributed by atoms with Crippen LogP contribution in [0.1, 0.15) is 16.2 Å². The zero-order chi connectivity index (χ0) is 19.2. The number of aromatic amines is 1. The van der Waals surface area contributed by atoms with Gasteiger partial charge in [0.2, 0.25) is 5.82 Å². The number of methoxy groups -OCH3 is 1. The van der Waals surface area contributed by atoms with Crippen LogP contribution in [0.4, 0.5) is 5.69 Å². The van der Waals surface area contributed by atoms with E-state index < -0.39 is 5.97 Å². The summed E-state index contributed by atoms with van der Waals surface area (Å²) in [6.07, 6.45) is 1.34. The standard InChI is InChI=1S/C18H14N6O3/c1-27-14-5-2-11(3-6-14)12-4-7-15(18(25)26)16(8-12)20-10-13(9-19)17-21-23-24-22-17/h2-8,10,20H,1H3,(H,25,26)(H,21,22,23,24). The summed E-state index contributed by atoms with van der Waals surface area (Å²) in [6, 6.07) is 14.2. The third kappa shape index (κ3) is 3.91. The molecule has 0 saturated carbocycles. The van der Waals surface area contributed by atoms with Crippen molar-refractivity contribution in [2.24, 2.45) is 0 Å². The number of carboxylic acid groups (broad SMARTS) is 1. The monoisotopic (exact) mass is 362 g/mol. The molecule has 0 atom stereocenters. The van der Waals surface area contributed by atoms with Crippen LogP contribution < -0.4 is 10.1 Å². The number of aromatic nitrogens is 4. The van der Waals surface area contributed by atoms with Gasteiger partial charge in [-0.1, -0.05) is 18.2 Å². The molecule has 0 bridgehead atoms. The Morgan fingerprint density at radius 1 is 1.26 bits per heavy atom. The Labute approximate surface area is 153 Å². The minimum atomic E-state index is -1.09. The number of rotatable bonds is 6. The van der Waals surface area contributed by atoms with Crippen molar-refractivity contribution in [3.8, 4) is 22.9 Å². The number of carbonyl (C=O) groups is 1. The molecule has 3 N–H and O–H groups in total. The fourth-order valence-corrected chi connectivity index (χ4v) is 2.39. The average molecular weight is 362 g/mol. The Morgan fingerprint density at radius 2 is 2.00 bits per heavy atom. The molecule has 3 rings (SSSR count). The van der Waals surface area contributed by atoms with E-state index >= 15 is 0 Å². The van der Waals surface area contributed by atoms with Crippen molar-refractivity contribution in [2.75, 3.05) is 12.4 Å². The summed E-state index contributed by atoms with van der Waals surface area (Å²) in [6.45, 7) is 0. The number of nitrogens with one attached hydrogen (secondary N) is 2. The van der Waals surface area contributed by atoms with Gasteiger partial charge in [-0.3, -0.25) is 0 Å². The van der Waals surface area contributed by atoms with Gasteiger partial charge in [-0.15, -0.1) is 10.2 Å². The number of hydrogen-bond acceptors (Lipinski definition) is 7. The lowest BCUT2D eigenvalue weighted by atomic mass is 10.0. The van der Waals surface area contributed by atoms with Crippen molar-refractivity contribution in [1.82, 2.24) is 20.6 Å². The highest BCUT2D eigenvalue weighted by Gasteiger charge is 2.12. The van der Waals surface area contributed by atoms with Gasteiger partial charge in [-0.05, 0) is 40.6 Å². The normalized spacial score (nSPS) is 10.9. The molecule has 0 aliphatic carbocycles. The Balaban J connectivity index is 1.97. The molecule has 0 spiro atoms. The highest BCUT2D eigenvalue weighted by molar-refractivity contribution is 5.96. The van der Waals surface area contributed by atoms with Crippen LogP contribution >= 0.6 is 0 Å². The summed E-state index contributed by atoms with van der Waals surface area (Å²) in [4.78, 5) is 11.5. The van der Waals surface area contributed by atoms with Gasteiger partial charge in [0.05, 0.1) is 18.4 Å². The number of carboxylic acids is 1. The molecule has 27 heavy (non-hydrogen) atoms. The first-order valence-corrected chi connectivity index (χ1v) is 7.74. The molecule has 3 aromatic rings. The van der Waals surface area contributed by atoms with Crippen molar-refractivity contribution in [1.29, 1.82) is 5.26 Å². The first kappa shape index (κ1) is 17.6. The zero-order valence-electron chi connectivity index (χ0n) is 14.2. The molecule has 9 nitrogen and oxygen atoms in total. The van der Waals surface area contributed by atoms with Crippen molar-refractivity contribution in [3.05, 3.63) is 60.1 Å². The van der Waals surface area contributed by atoms with E-state index in [-0.39, 0.29) is 17.0 Å². The number of allylic oxidation sites excluding steroid dienone is 1. The van der Waals surface area contributed by atoms with Crippen LogP contribution in [0.2, 0.25) is 0 Å². The third-order valence-corrected chi connectivity index (χ3v) is 3.75. The van der Waals surface area contributed by atoms with E-state index in [1.807, 2.05) is 30.3 Å². The predicted octanol–water partition coefficient (Wildman–Crippen LogP) is 2.55. The second-order valence-corrected chi connectivity index (χ2v) is 5.34. The minimum Gasteiger partial charge on any atom is -0.497 e. The molecule has 9 heteroatoms. The van der Waals surface area contributed by atoms with Gasteiger partial charge in [0.1, 0.15) is 17.4 Å². The molecule has 0 aliphatic heterocycles. The smallest absolute Gasteiger partial charge is 0.337 e. The van der Waals surface area contributed by atoms with Crippen LogP contribution in [0.15, 0.2) is 48.7 Å². The average Bonchev–Trinajstić information content (AvgIpc) is 3.23. The number of ether oxygens (including phenoxy) is 1. The van der Waals surface area contributed by atoms with Crippen LogP contribution in [0.5, 0.6) is 5.75 Å². The molecule has 134 valence electrons. The van der Waals surface area contributed by atoms with Gasteiger partial charge in [-0.2, -0.15) is 10.5 Å². The van der Waals surface area contributed by atoms with Crippen molar-refractivity contribution >= 4 is 17.2 Å². The third-order valence-electron chi connectivity index (χ3n) is 3.75. The number of benzene rings is 2. The van der Waals surface area contributed by atoms with Crippen molar-refractivity contribution in [2.45, 2.75) is 0 Å². The van der Waals surface area contributed by atoms with E-state index in [1.54, 1.807) is 19.2 Å². The Bertz CT molecular complexity index is 1020. The Hall–Kier alpha value is -4.19. The molecule has 2 aromatic carbocycles. The van der Waals surface area contributed by atoms with Crippen LogP contribution in [0.25, 0.3) is 16.7 Å². The SMILES string of the molecule is COc1ccc(-c2ccc(C(=O)O)c(NC=C(C#N)c3nn[nH]n3)c2)cc1. The van der Waals surface area contributed by atoms with Gasteiger partial charge in [0.25, 0.3) is 0 Å². The van der Waals surface area contributed by atoms with Crippen LogP contribution in [0.3, 0.4) is 0 Å². The van der Waals surface area contributed by atoms with Gasteiger partial charge in [-0.25, -0.2) is 4.79 Å². The summed E-state index contributed by atoms with van der Waals surface area (Å²) in [5.74, 6) is -0.264. The summed E-state index contributed by atoms with van der Waals surface area (Å²) >= 11 is 0. The van der Waals surface area contributed by atoms with E-state index in [1.165, 1.54) is 12.3 Å². The topological polar surface area (TPSA) is 137 Å². The predicted molar refractivity (Wildman–Crippen MR) is 96.8 cm³/mol. The molecule has 0 saturated heterocycles. The van der Waals surface area contributed by atoms with Crippen LogP contribution in [-0.4, -0.2) is 38.8 Å². The lowest BCUT2D eigenvalue weighted by molar-refractivity contribution is 0.0698. The van der Waals surface area contributed by atoms with Crippen molar-refractivity contribution < 1.29 is 14.6 Å². The number of nitriles is 1. The first-order valence-electron chi connectivity index (χ1n) is 7.74. The molecule has 0 radical (unpaired) electrons. The number of aromatic carboxylic acids is 1. The van der Waals surface area contributed by atoms with Crippen molar-refractivity contribution in [3.63, 3.8) is 0 Å². The lowest BCUT2D eigenvalue weighted by Crippen LogP contribution is -2.03. The molecule has 0 unspecified atom stereocenters. The van der Waals surface area contributed by atoms with Crippen LogP contribution in [0, 0.1) is 11.3 Å². The summed E-state index contributed by atoms with van der Waals surface area (Å²) in [7, 11) is 1.58. The molecule has 0 fully saturated rings. The highest BCUT2D eigenvalue weighted by atomic mass is 16.5. The van der Waals surface area contributed by atoms with Gasteiger partial charge < -0.3 is 15.2 Å². The number of H-pyrrole nitrogens is 1. The maximum absolute atomic E-state index is 11.5. The highest BCUT2D eigenvalue weighted by Crippen LogP contribution is 2.28. The first-order chi connectivity index (χ1) is 13.1. The maximum Gasteiger partial charge on any atom is 0.337 e. The van der Waals surface area contributed by atoms with Crippen LogP contribution in [-0.2, 0) is 0 Å². The summed E-state index contributed by atoms with van der Waals surface area (Å²) < 4.78 is 5.14. The largest absolute Gasteiger partial charge is 0.497 e. The Morgan fingerprint density at radius 3 is 2.59 bits per heavy atom. The number of nitrogens with zero attached hydrogens (tertiary/aromatic N) is 4. The molecule has 0 amide bonds. The fraction of sp³-hybridized carbons (Fsp3) is 0.0556. The molecule has 1 aromatic heterocycles. The second kappa shape index (κ2) is 7.79. The molecular formula is C18H14N6O3. The quantitative estimate of drug-likeness (QED) is 0.569. The van der Waals surface area contributed by atoms with Gasteiger partial charge in [0.15, 0.2) is 0 Å². The minimum absolute atomic E-state index is 0.0638. The molecule has 1 heterocycles. The summed E-state index contributed by atoms with van der Waals surface area (Å²) in [5, 5.41) is 34.6. The van der Waals surface area contributed by atoms with E-state index in [0.29, 0.717) is 5.69 Å².